The molecule has 274 valence electrons. The van der Waals surface area contributed by atoms with E-state index in [1.54, 1.807) is 22.8 Å². The molecule has 0 spiro atoms. The van der Waals surface area contributed by atoms with E-state index < -0.39 is 36.0 Å². The van der Waals surface area contributed by atoms with Crippen molar-refractivity contribution in [3.63, 3.8) is 0 Å². The maximum Gasteiger partial charge on any atom is 0.410 e. The number of carbonyl (C=O) groups excluding carboxylic acids is 3. The van der Waals surface area contributed by atoms with Crippen molar-refractivity contribution in [1.82, 2.24) is 14.7 Å². The molecule has 3 heterocycles. The smallest absolute Gasteiger partial charge is 0.410 e. The maximum absolute atomic E-state index is 13.4. The van der Waals surface area contributed by atoms with Crippen molar-refractivity contribution in [2.45, 2.75) is 115 Å². The summed E-state index contributed by atoms with van der Waals surface area (Å²) in [6, 6.07) is 0.587. The van der Waals surface area contributed by atoms with Gasteiger partial charge in [-0.15, -0.1) is 0 Å². The number of allylic oxidation sites excluding steroid dienone is 2. The minimum Gasteiger partial charge on any atom is -0.457 e. The third-order valence-electron chi connectivity index (χ3n) is 10.3. The SMILES string of the molecule is C/C(=C\C=C\[C@@H](C)COC(=O)N1CC=CC1)[C@H]1OC(=O)C[C@@H](O)CC[C@](C)(O)[C@H](OC(=O)N2CCN(C3CCCCCC3)CC2)/C=C/[C@@H]1C. The first kappa shape index (κ1) is 38.6. The van der Waals surface area contributed by atoms with E-state index in [4.69, 9.17) is 14.2 Å². The molecule has 0 aromatic carbocycles. The average molecular weight is 686 g/mol. The van der Waals surface area contributed by atoms with Crippen LogP contribution < -0.4 is 0 Å². The molecule has 1 aliphatic carbocycles. The van der Waals surface area contributed by atoms with Gasteiger partial charge in [0.25, 0.3) is 0 Å². The summed E-state index contributed by atoms with van der Waals surface area (Å²) < 4.78 is 17.3. The van der Waals surface area contributed by atoms with Gasteiger partial charge in [-0.3, -0.25) is 9.69 Å². The average Bonchev–Trinajstić information content (AvgIpc) is 3.49. The molecule has 4 aliphatic rings. The fourth-order valence-electron chi connectivity index (χ4n) is 7.00. The van der Waals surface area contributed by atoms with Gasteiger partial charge in [-0.2, -0.15) is 0 Å². The van der Waals surface area contributed by atoms with Gasteiger partial charge in [0.1, 0.15) is 11.7 Å². The number of hydrogen-bond donors (Lipinski definition) is 2. The molecule has 0 aromatic rings. The van der Waals surface area contributed by atoms with Crippen molar-refractivity contribution in [3.8, 4) is 0 Å². The van der Waals surface area contributed by atoms with Gasteiger partial charge >= 0.3 is 18.2 Å². The maximum atomic E-state index is 13.4. The topological polar surface area (TPSA) is 129 Å². The lowest BCUT2D eigenvalue weighted by Crippen LogP contribution is -2.53. The van der Waals surface area contributed by atoms with Crippen molar-refractivity contribution >= 4 is 18.2 Å². The number of aliphatic hydroxyl groups is 2. The van der Waals surface area contributed by atoms with Crippen LogP contribution in [0.3, 0.4) is 0 Å². The molecule has 0 unspecified atom stereocenters. The van der Waals surface area contributed by atoms with E-state index in [1.165, 1.54) is 38.5 Å². The molecule has 11 heteroatoms. The number of carbonyl (C=O) groups is 3. The molecular formula is C38H59N3O8. The highest BCUT2D eigenvalue weighted by Crippen LogP contribution is 2.28. The van der Waals surface area contributed by atoms with Crippen molar-refractivity contribution in [2.24, 2.45) is 11.8 Å². The van der Waals surface area contributed by atoms with Crippen LogP contribution in [0.1, 0.15) is 85.5 Å². The Kier molecular flexibility index (Phi) is 14.8. The first-order chi connectivity index (χ1) is 23.4. The largest absolute Gasteiger partial charge is 0.457 e. The highest BCUT2D eigenvalue weighted by Gasteiger charge is 2.37. The van der Waals surface area contributed by atoms with Crippen molar-refractivity contribution < 1.29 is 38.8 Å². The number of aliphatic hydroxyl groups excluding tert-OH is 1. The molecule has 11 nitrogen and oxygen atoms in total. The molecule has 1 saturated heterocycles. The van der Waals surface area contributed by atoms with Gasteiger partial charge in [-0.25, -0.2) is 9.59 Å². The van der Waals surface area contributed by atoms with Gasteiger partial charge in [-0.05, 0) is 51.2 Å². The Balaban J connectivity index is 1.40. The summed E-state index contributed by atoms with van der Waals surface area (Å²) in [6.45, 7) is 11.5. The molecule has 0 bridgehead atoms. The van der Waals surface area contributed by atoms with Crippen LogP contribution in [0.5, 0.6) is 0 Å². The Morgan fingerprint density at radius 2 is 1.69 bits per heavy atom. The lowest BCUT2D eigenvalue weighted by atomic mass is 9.89. The highest BCUT2D eigenvalue weighted by atomic mass is 16.6. The van der Waals surface area contributed by atoms with E-state index in [9.17, 15) is 24.6 Å². The first-order valence-corrected chi connectivity index (χ1v) is 18.3. The number of hydrogen-bond acceptors (Lipinski definition) is 9. The molecule has 2 amide bonds. The molecule has 4 rings (SSSR count). The summed E-state index contributed by atoms with van der Waals surface area (Å²) in [5.41, 5.74) is -0.695. The van der Waals surface area contributed by atoms with Crippen molar-refractivity contribution in [3.05, 3.63) is 48.1 Å². The van der Waals surface area contributed by atoms with Crippen LogP contribution in [-0.4, -0.2) is 119 Å². The fraction of sp³-hybridized carbons (Fsp3) is 0.711. The quantitative estimate of drug-likeness (QED) is 0.119. The van der Waals surface area contributed by atoms with Crippen LogP contribution in [0.4, 0.5) is 9.59 Å². The molecular weight excluding hydrogens is 626 g/mol. The van der Waals surface area contributed by atoms with E-state index in [0.29, 0.717) is 32.2 Å². The third-order valence-corrected chi connectivity index (χ3v) is 10.3. The van der Waals surface area contributed by atoms with Crippen LogP contribution in [0.25, 0.3) is 0 Å². The predicted octanol–water partition coefficient (Wildman–Crippen LogP) is 5.38. The number of nitrogens with zero attached hydrogens (tertiary/aromatic N) is 3. The fourth-order valence-corrected chi connectivity index (χ4v) is 7.00. The zero-order valence-corrected chi connectivity index (χ0v) is 30.0. The number of rotatable bonds is 7. The molecule has 3 aliphatic heterocycles. The Labute approximate surface area is 292 Å². The van der Waals surface area contributed by atoms with Crippen LogP contribution >= 0.6 is 0 Å². The summed E-state index contributed by atoms with van der Waals surface area (Å²) in [5, 5.41) is 22.2. The molecule has 0 aromatic heterocycles. The van der Waals surface area contributed by atoms with Crippen molar-refractivity contribution in [1.29, 1.82) is 0 Å². The Bertz CT molecular complexity index is 1210. The summed E-state index contributed by atoms with van der Waals surface area (Å²) >= 11 is 0. The number of cyclic esters (lactones) is 1. The summed E-state index contributed by atoms with van der Waals surface area (Å²) in [4.78, 5) is 44.3. The zero-order chi connectivity index (χ0) is 35.4. The summed E-state index contributed by atoms with van der Waals surface area (Å²) in [7, 11) is 0. The minimum atomic E-state index is -1.47. The lowest BCUT2D eigenvalue weighted by molar-refractivity contribution is -0.151. The standard InChI is InChI=1S/C38H59N3O8/c1-28(27-47-36(44)40-20-9-10-21-40)12-11-13-29(2)35-30(3)16-17-33(38(4,46)19-18-32(42)26-34(43)49-35)48-37(45)41-24-22-39(23-25-41)31-14-7-5-6-8-15-31/h9-13,16-17,28,30-33,35,42,46H,5-8,14-15,18-27H2,1-4H3/b12-11+,17-16+,29-13+/t28-,30+,32+,33-,35-,38+/m1/s1. The van der Waals surface area contributed by atoms with Crippen LogP contribution in [0.15, 0.2) is 48.1 Å². The van der Waals surface area contributed by atoms with Crippen LogP contribution in [-0.2, 0) is 19.0 Å². The Morgan fingerprint density at radius 1 is 1.02 bits per heavy atom. The summed E-state index contributed by atoms with van der Waals surface area (Å²) in [5.74, 6) is -0.901. The molecule has 6 atom stereocenters. The second kappa shape index (κ2) is 18.7. The number of ether oxygens (including phenoxy) is 3. The van der Waals surface area contributed by atoms with Gasteiger partial charge < -0.3 is 34.2 Å². The Morgan fingerprint density at radius 3 is 2.37 bits per heavy atom. The number of amides is 2. The second-order valence-electron chi connectivity index (χ2n) is 14.6. The number of piperazine rings is 1. The molecule has 2 fully saturated rings. The monoisotopic (exact) mass is 685 g/mol. The molecule has 2 N–H and O–H groups in total. The van der Waals surface area contributed by atoms with Gasteiger partial charge in [-0.1, -0.05) is 76.0 Å². The first-order valence-electron chi connectivity index (χ1n) is 18.3. The van der Waals surface area contributed by atoms with E-state index in [0.717, 1.165) is 18.7 Å². The van der Waals surface area contributed by atoms with Gasteiger partial charge in [0, 0.05) is 57.1 Å². The van der Waals surface area contributed by atoms with Crippen LogP contribution in [0.2, 0.25) is 0 Å². The van der Waals surface area contributed by atoms with E-state index in [-0.39, 0.29) is 43.8 Å². The summed E-state index contributed by atoms with van der Waals surface area (Å²) in [6.07, 6.45) is 17.2. The van der Waals surface area contributed by atoms with Gasteiger partial charge in [0.15, 0.2) is 6.10 Å². The molecule has 49 heavy (non-hydrogen) atoms. The third kappa shape index (κ3) is 12.0. The molecule has 1 saturated carbocycles. The van der Waals surface area contributed by atoms with Gasteiger partial charge in [0.05, 0.1) is 19.1 Å². The Hall–Kier alpha value is -3.15. The van der Waals surface area contributed by atoms with E-state index >= 15 is 0 Å². The lowest BCUT2D eigenvalue weighted by Gasteiger charge is -2.40. The van der Waals surface area contributed by atoms with E-state index in [1.807, 2.05) is 57.2 Å². The zero-order valence-electron chi connectivity index (χ0n) is 30.0. The highest BCUT2D eigenvalue weighted by molar-refractivity contribution is 5.70. The van der Waals surface area contributed by atoms with Crippen molar-refractivity contribution in [2.75, 3.05) is 45.9 Å². The predicted molar refractivity (Wildman–Crippen MR) is 188 cm³/mol. The van der Waals surface area contributed by atoms with E-state index in [2.05, 4.69) is 4.90 Å². The normalized spacial score (nSPS) is 31.4. The number of esters is 1. The molecule has 0 radical (unpaired) electrons. The minimum absolute atomic E-state index is 0.0349. The van der Waals surface area contributed by atoms with Gasteiger partial charge in [0.2, 0.25) is 0 Å². The second-order valence-corrected chi connectivity index (χ2v) is 14.6. The van der Waals surface area contributed by atoms with Crippen LogP contribution in [0, 0.1) is 11.8 Å².